The van der Waals surface area contributed by atoms with Crippen molar-refractivity contribution in [2.75, 3.05) is 6.54 Å². The predicted octanol–water partition coefficient (Wildman–Crippen LogP) is 3.46. The zero-order valence-corrected chi connectivity index (χ0v) is 12.8. The Morgan fingerprint density at radius 1 is 1.32 bits per heavy atom. The molecule has 1 aliphatic rings. The second-order valence-electron chi connectivity index (χ2n) is 5.27. The van der Waals surface area contributed by atoms with Crippen molar-refractivity contribution in [3.05, 3.63) is 52.0 Å². The molecule has 0 amide bonds. The minimum Gasteiger partial charge on any atom is -0.330 e. The minimum atomic E-state index is 0.252. The summed E-state index contributed by atoms with van der Waals surface area (Å²) < 4.78 is 3.40. The van der Waals surface area contributed by atoms with E-state index in [9.17, 15) is 0 Å². The van der Waals surface area contributed by atoms with E-state index in [0.717, 1.165) is 17.4 Å². The van der Waals surface area contributed by atoms with Gasteiger partial charge in [-0.25, -0.2) is 4.98 Å². The summed E-state index contributed by atoms with van der Waals surface area (Å²) in [4.78, 5) is 4.58. The number of nitrogens with one attached hydrogen (secondary N) is 1. The summed E-state index contributed by atoms with van der Waals surface area (Å²) in [7, 11) is 0. The van der Waals surface area contributed by atoms with E-state index >= 15 is 0 Å². The third kappa shape index (κ3) is 2.35. The van der Waals surface area contributed by atoms with Gasteiger partial charge in [-0.2, -0.15) is 0 Å². The van der Waals surface area contributed by atoms with Crippen LogP contribution in [0.4, 0.5) is 0 Å². The molecule has 3 nitrogen and oxygen atoms in total. The number of nitrogens with zero attached hydrogens (tertiary/aromatic N) is 2. The molecule has 1 N–H and O–H groups in total. The monoisotopic (exact) mass is 319 g/mol. The smallest absolute Gasteiger partial charge is 0.0954 e. The summed E-state index contributed by atoms with van der Waals surface area (Å²) >= 11 is 3.49. The molecule has 2 aromatic rings. The van der Waals surface area contributed by atoms with Crippen molar-refractivity contribution < 1.29 is 0 Å². The summed E-state index contributed by atoms with van der Waals surface area (Å²) in [6, 6.07) is 9.24. The van der Waals surface area contributed by atoms with Crippen LogP contribution in [0.15, 0.2) is 35.1 Å². The maximum absolute atomic E-state index is 4.58. The first-order valence-electron chi connectivity index (χ1n) is 6.71. The number of benzene rings is 1. The highest BCUT2D eigenvalue weighted by Gasteiger charge is 2.26. The van der Waals surface area contributed by atoms with Crippen molar-refractivity contribution in [1.82, 2.24) is 14.9 Å². The van der Waals surface area contributed by atoms with Crippen LogP contribution < -0.4 is 5.32 Å². The van der Waals surface area contributed by atoms with E-state index in [4.69, 9.17) is 0 Å². The molecule has 0 spiro atoms. The predicted molar refractivity (Wildman–Crippen MR) is 80.3 cm³/mol. The number of fused-ring (bicyclic) bond motifs is 1. The zero-order valence-electron chi connectivity index (χ0n) is 11.2. The maximum atomic E-state index is 4.58. The van der Waals surface area contributed by atoms with Crippen LogP contribution in [0.2, 0.25) is 0 Å². The van der Waals surface area contributed by atoms with E-state index in [1.54, 1.807) is 0 Å². The van der Waals surface area contributed by atoms with E-state index in [2.05, 4.69) is 68.9 Å². The van der Waals surface area contributed by atoms with Gasteiger partial charge in [0.25, 0.3) is 0 Å². The molecule has 0 bridgehead atoms. The number of rotatable bonds is 2. The molecule has 0 aliphatic carbocycles. The standard InChI is InChI=1S/C15H18BrN3/c1-10(2)19-9-18-13-7-8-17-14(15(13)19)11-3-5-12(16)6-4-11/h3-6,9-10,14,17H,7-8H2,1-2H3. The van der Waals surface area contributed by atoms with Crippen LogP contribution in [-0.2, 0) is 6.42 Å². The van der Waals surface area contributed by atoms with E-state index < -0.39 is 0 Å². The number of hydrogen-bond donors (Lipinski definition) is 1. The molecule has 4 heteroatoms. The second-order valence-corrected chi connectivity index (χ2v) is 6.18. The van der Waals surface area contributed by atoms with Gasteiger partial charge in [-0.15, -0.1) is 0 Å². The van der Waals surface area contributed by atoms with Crippen LogP contribution >= 0.6 is 15.9 Å². The van der Waals surface area contributed by atoms with Gasteiger partial charge >= 0.3 is 0 Å². The molecule has 1 aromatic carbocycles. The van der Waals surface area contributed by atoms with Crippen molar-refractivity contribution in [1.29, 1.82) is 0 Å². The number of imidazole rings is 1. The van der Waals surface area contributed by atoms with Crippen LogP contribution in [0.5, 0.6) is 0 Å². The van der Waals surface area contributed by atoms with Crippen LogP contribution in [0, 0.1) is 0 Å². The van der Waals surface area contributed by atoms with Gasteiger partial charge < -0.3 is 9.88 Å². The molecule has 2 heterocycles. The van der Waals surface area contributed by atoms with Gasteiger partial charge in [0.15, 0.2) is 0 Å². The highest BCUT2D eigenvalue weighted by atomic mass is 79.9. The van der Waals surface area contributed by atoms with Crippen molar-refractivity contribution in [2.24, 2.45) is 0 Å². The molecule has 0 saturated heterocycles. The summed E-state index contributed by atoms with van der Waals surface area (Å²) in [5.41, 5.74) is 3.86. The van der Waals surface area contributed by atoms with Crippen LogP contribution in [0.25, 0.3) is 0 Å². The first-order valence-corrected chi connectivity index (χ1v) is 7.50. The van der Waals surface area contributed by atoms with Crippen molar-refractivity contribution >= 4 is 15.9 Å². The van der Waals surface area contributed by atoms with Crippen LogP contribution in [0.1, 0.15) is 42.9 Å². The fraction of sp³-hybridized carbons (Fsp3) is 0.400. The molecule has 100 valence electrons. The molecule has 19 heavy (non-hydrogen) atoms. The molecule has 1 atom stereocenters. The van der Waals surface area contributed by atoms with Gasteiger partial charge in [0.1, 0.15) is 0 Å². The molecule has 0 radical (unpaired) electrons. The largest absolute Gasteiger partial charge is 0.330 e. The summed E-state index contributed by atoms with van der Waals surface area (Å²) in [5.74, 6) is 0. The molecular formula is C15H18BrN3. The van der Waals surface area contributed by atoms with Gasteiger partial charge in [-0.3, -0.25) is 0 Å². The highest BCUT2D eigenvalue weighted by molar-refractivity contribution is 9.10. The van der Waals surface area contributed by atoms with Crippen LogP contribution in [0.3, 0.4) is 0 Å². The fourth-order valence-electron chi connectivity index (χ4n) is 2.69. The van der Waals surface area contributed by atoms with Gasteiger partial charge in [0, 0.05) is 23.5 Å². The van der Waals surface area contributed by atoms with Gasteiger partial charge in [0.2, 0.25) is 0 Å². The normalized spacial score (nSPS) is 18.6. The van der Waals surface area contributed by atoms with Crippen molar-refractivity contribution in [3.63, 3.8) is 0 Å². The summed E-state index contributed by atoms with van der Waals surface area (Å²) in [5, 5.41) is 3.62. The number of halogens is 1. The van der Waals surface area contributed by atoms with Crippen molar-refractivity contribution in [2.45, 2.75) is 32.4 Å². The first-order chi connectivity index (χ1) is 9.16. The maximum Gasteiger partial charge on any atom is 0.0954 e. The minimum absolute atomic E-state index is 0.252. The Morgan fingerprint density at radius 2 is 2.05 bits per heavy atom. The molecular weight excluding hydrogens is 302 g/mol. The average molecular weight is 320 g/mol. The molecule has 1 unspecified atom stereocenters. The van der Waals surface area contributed by atoms with E-state index in [1.807, 2.05) is 6.33 Å². The van der Waals surface area contributed by atoms with E-state index in [1.165, 1.54) is 17.0 Å². The SMILES string of the molecule is CC(C)n1cnc2c1C(c1ccc(Br)cc1)NCC2. The lowest BCUT2D eigenvalue weighted by molar-refractivity contribution is 0.491. The topological polar surface area (TPSA) is 29.9 Å². The molecule has 3 rings (SSSR count). The molecule has 1 aromatic heterocycles. The van der Waals surface area contributed by atoms with Gasteiger partial charge in [0.05, 0.1) is 23.8 Å². The Hall–Kier alpha value is -1.13. The van der Waals surface area contributed by atoms with Crippen LogP contribution in [-0.4, -0.2) is 16.1 Å². The zero-order chi connectivity index (χ0) is 13.4. The lowest BCUT2D eigenvalue weighted by Gasteiger charge is -2.27. The third-order valence-corrected chi connectivity index (χ3v) is 4.18. The lowest BCUT2D eigenvalue weighted by Crippen LogP contribution is -2.32. The van der Waals surface area contributed by atoms with Gasteiger partial charge in [-0.1, -0.05) is 28.1 Å². The quantitative estimate of drug-likeness (QED) is 0.918. The fourth-order valence-corrected chi connectivity index (χ4v) is 2.96. The average Bonchev–Trinajstić information content (AvgIpc) is 2.83. The third-order valence-electron chi connectivity index (χ3n) is 3.66. The Morgan fingerprint density at radius 3 is 2.74 bits per heavy atom. The summed E-state index contributed by atoms with van der Waals surface area (Å²) in [6.07, 6.45) is 3.00. The van der Waals surface area contributed by atoms with E-state index in [-0.39, 0.29) is 6.04 Å². The van der Waals surface area contributed by atoms with Gasteiger partial charge in [-0.05, 0) is 31.5 Å². The summed E-state index contributed by atoms with van der Waals surface area (Å²) in [6.45, 7) is 5.40. The van der Waals surface area contributed by atoms with Crippen molar-refractivity contribution in [3.8, 4) is 0 Å². The molecule has 1 aliphatic heterocycles. The number of aromatic nitrogens is 2. The Labute approximate surface area is 122 Å². The Balaban J connectivity index is 2.06. The first kappa shape index (κ1) is 12.9. The Bertz CT molecular complexity index is 572. The number of hydrogen-bond acceptors (Lipinski definition) is 2. The lowest BCUT2D eigenvalue weighted by atomic mass is 9.97. The van der Waals surface area contributed by atoms with E-state index in [0.29, 0.717) is 6.04 Å². The highest BCUT2D eigenvalue weighted by Crippen LogP contribution is 2.30. The Kier molecular flexibility index (Phi) is 3.46. The molecule has 0 saturated carbocycles. The second kappa shape index (κ2) is 5.10. The molecule has 0 fully saturated rings.